The molecule has 0 radical (unpaired) electrons. The Morgan fingerprint density at radius 2 is 1.75 bits per heavy atom. The molecule has 2 atom stereocenters. The number of hydrogen-bond donors (Lipinski definition) is 1. The van der Waals surface area contributed by atoms with Gasteiger partial charge in [0, 0.05) is 17.6 Å². The average Bonchev–Trinajstić information content (AvgIpc) is 2.68. The van der Waals surface area contributed by atoms with E-state index in [9.17, 15) is 0 Å². The van der Waals surface area contributed by atoms with Crippen molar-refractivity contribution < 1.29 is 4.52 Å². The molecule has 0 amide bonds. The van der Waals surface area contributed by atoms with Gasteiger partial charge in [-0.2, -0.15) is 0 Å². The summed E-state index contributed by atoms with van der Waals surface area (Å²) in [6.45, 7) is 12.6. The van der Waals surface area contributed by atoms with Crippen molar-refractivity contribution in [2.75, 3.05) is 0 Å². The van der Waals surface area contributed by atoms with E-state index in [1.54, 1.807) is 0 Å². The normalized spacial score (nSPS) is 14.3. The Hall–Kier alpha value is -1.61. The standard InChI is InChI=1S/C17H24N2O/c1-10-7-8-16(11(2)9-10)12(3)18-13(4)17-14(5)19-20-15(17)6/h7-9,12-13,18H,1-6H3. The van der Waals surface area contributed by atoms with Gasteiger partial charge >= 0.3 is 0 Å². The van der Waals surface area contributed by atoms with Gasteiger partial charge in [-0.25, -0.2) is 0 Å². The van der Waals surface area contributed by atoms with E-state index >= 15 is 0 Å². The summed E-state index contributed by atoms with van der Waals surface area (Å²) in [7, 11) is 0. The SMILES string of the molecule is Cc1ccc(C(C)NC(C)c2c(C)noc2C)c(C)c1. The fourth-order valence-electron chi connectivity index (χ4n) is 2.97. The van der Waals surface area contributed by atoms with Crippen molar-refractivity contribution in [1.29, 1.82) is 0 Å². The van der Waals surface area contributed by atoms with E-state index in [0.29, 0.717) is 6.04 Å². The van der Waals surface area contributed by atoms with Crippen molar-refractivity contribution in [3.63, 3.8) is 0 Å². The Labute approximate surface area is 121 Å². The number of nitrogens with one attached hydrogen (secondary N) is 1. The molecule has 0 aliphatic heterocycles. The number of hydrogen-bond acceptors (Lipinski definition) is 3. The van der Waals surface area contributed by atoms with Crippen LogP contribution in [-0.4, -0.2) is 5.16 Å². The van der Waals surface area contributed by atoms with Crippen LogP contribution in [-0.2, 0) is 0 Å². The Bertz CT molecular complexity index is 582. The highest BCUT2D eigenvalue weighted by atomic mass is 16.5. The van der Waals surface area contributed by atoms with E-state index in [4.69, 9.17) is 4.52 Å². The van der Waals surface area contributed by atoms with Crippen LogP contribution in [0.3, 0.4) is 0 Å². The summed E-state index contributed by atoms with van der Waals surface area (Å²) < 4.78 is 5.25. The molecule has 1 heterocycles. The van der Waals surface area contributed by atoms with Crippen LogP contribution in [0.25, 0.3) is 0 Å². The Kier molecular flexibility index (Phi) is 4.29. The summed E-state index contributed by atoms with van der Waals surface area (Å²) in [5.74, 6) is 0.898. The second-order valence-corrected chi connectivity index (χ2v) is 5.71. The van der Waals surface area contributed by atoms with Crippen molar-refractivity contribution >= 4 is 0 Å². The van der Waals surface area contributed by atoms with Gasteiger partial charge in [0.2, 0.25) is 0 Å². The quantitative estimate of drug-likeness (QED) is 0.900. The number of rotatable bonds is 4. The maximum Gasteiger partial charge on any atom is 0.138 e. The van der Waals surface area contributed by atoms with Crippen LogP contribution in [0.2, 0.25) is 0 Å². The Morgan fingerprint density at radius 1 is 1.05 bits per heavy atom. The zero-order valence-corrected chi connectivity index (χ0v) is 13.2. The molecule has 108 valence electrons. The van der Waals surface area contributed by atoms with Gasteiger partial charge in [-0.15, -0.1) is 0 Å². The first-order chi connectivity index (χ1) is 9.40. The van der Waals surface area contributed by atoms with Crippen molar-refractivity contribution in [3.8, 4) is 0 Å². The van der Waals surface area contributed by atoms with Gasteiger partial charge < -0.3 is 9.84 Å². The minimum Gasteiger partial charge on any atom is -0.361 e. The predicted octanol–water partition coefficient (Wildman–Crippen LogP) is 4.32. The number of aryl methyl sites for hydroxylation is 4. The molecule has 0 saturated carbocycles. The van der Waals surface area contributed by atoms with Crippen LogP contribution >= 0.6 is 0 Å². The van der Waals surface area contributed by atoms with Gasteiger partial charge in [0.15, 0.2) is 0 Å². The van der Waals surface area contributed by atoms with E-state index < -0.39 is 0 Å². The van der Waals surface area contributed by atoms with Crippen LogP contribution in [0, 0.1) is 27.7 Å². The van der Waals surface area contributed by atoms with Gasteiger partial charge in [0.1, 0.15) is 5.76 Å². The van der Waals surface area contributed by atoms with Gasteiger partial charge in [-0.05, 0) is 52.7 Å². The largest absolute Gasteiger partial charge is 0.361 e. The first-order valence-corrected chi connectivity index (χ1v) is 7.16. The Balaban J connectivity index is 2.17. The highest BCUT2D eigenvalue weighted by Gasteiger charge is 2.19. The lowest BCUT2D eigenvalue weighted by Crippen LogP contribution is -2.23. The number of nitrogens with zero attached hydrogens (tertiary/aromatic N) is 1. The van der Waals surface area contributed by atoms with E-state index in [0.717, 1.165) is 11.5 Å². The van der Waals surface area contributed by atoms with Crippen LogP contribution in [0.1, 0.15) is 59.6 Å². The van der Waals surface area contributed by atoms with Gasteiger partial charge in [0.05, 0.1) is 5.69 Å². The minimum absolute atomic E-state index is 0.219. The van der Waals surface area contributed by atoms with E-state index in [1.165, 1.54) is 22.3 Å². The summed E-state index contributed by atoms with van der Waals surface area (Å²) in [4.78, 5) is 0. The number of benzene rings is 1. The third-order valence-corrected chi connectivity index (χ3v) is 3.91. The van der Waals surface area contributed by atoms with Gasteiger partial charge in [-0.3, -0.25) is 0 Å². The molecule has 0 fully saturated rings. The van der Waals surface area contributed by atoms with Gasteiger partial charge in [-0.1, -0.05) is 28.9 Å². The molecule has 1 aromatic heterocycles. The molecule has 20 heavy (non-hydrogen) atoms. The maximum absolute atomic E-state index is 5.25. The molecule has 0 aliphatic carbocycles. The molecule has 0 aliphatic rings. The molecule has 2 rings (SSSR count). The van der Waals surface area contributed by atoms with Crippen LogP contribution in [0.4, 0.5) is 0 Å². The van der Waals surface area contributed by atoms with E-state index in [-0.39, 0.29) is 6.04 Å². The summed E-state index contributed by atoms with van der Waals surface area (Å²) in [6.07, 6.45) is 0. The second-order valence-electron chi connectivity index (χ2n) is 5.71. The van der Waals surface area contributed by atoms with Crippen molar-refractivity contribution in [2.45, 2.75) is 53.6 Å². The lowest BCUT2D eigenvalue weighted by Gasteiger charge is -2.22. The van der Waals surface area contributed by atoms with Crippen molar-refractivity contribution in [2.24, 2.45) is 0 Å². The van der Waals surface area contributed by atoms with Crippen LogP contribution in [0.15, 0.2) is 22.7 Å². The maximum atomic E-state index is 5.25. The van der Waals surface area contributed by atoms with E-state index in [2.05, 4.69) is 56.4 Å². The number of aromatic nitrogens is 1. The monoisotopic (exact) mass is 272 g/mol. The topological polar surface area (TPSA) is 38.1 Å². The van der Waals surface area contributed by atoms with Crippen molar-refractivity contribution in [1.82, 2.24) is 10.5 Å². The minimum atomic E-state index is 0.219. The second kappa shape index (κ2) is 5.80. The molecule has 2 aromatic rings. The Morgan fingerprint density at radius 3 is 2.30 bits per heavy atom. The first kappa shape index (κ1) is 14.8. The van der Waals surface area contributed by atoms with Gasteiger partial charge in [0.25, 0.3) is 0 Å². The summed E-state index contributed by atoms with van der Waals surface area (Å²) in [5, 5.41) is 7.67. The smallest absolute Gasteiger partial charge is 0.138 e. The molecule has 1 aromatic carbocycles. The first-order valence-electron chi connectivity index (χ1n) is 7.16. The highest BCUT2D eigenvalue weighted by Crippen LogP contribution is 2.26. The fraction of sp³-hybridized carbons (Fsp3) is 0.471. The molecule has 0 bridgehead atoms. The lowest BCUT2D eigenvalue weighted by atomic mass is 9.98. The molecule has 2 unspecified atom stereocenters. The molecule has 0 spiro atoms. The summed E-state index contributed by atoms with van der Waals surface area (Å²) >= 11 is 0. The van der Waals surface area contributed by atoms with Crippen molar-refractivity contribution in [3.05, 3.63) is 51.9 Å². The summed E-state index contributed by atoms with van der Waals surface area (Å²) in [5.41, 5.74) is 6.11. The zero-order chi connectivity index (χ0) is 14.9. The molecule has 3 heteroatoms. The molecular weight excluding hydrogens is 248 g/mol. The average molecular weight is 272 g/mol. The van der Waals surface area contributed by atoms with Crippen LogP contribution in [0.5, 0.6) is 0 Å². The molecule has 0 saturated heterocycles. The predicted molar refractivity (Wildman–Crippen MR) is 81.9 cm³/mol. The molecule has 3 nitrogen and oxygen atoms in total. The highest BCUT2D eigenvalue weighted by molar-refractivity contribution is 5.33. The summed E-state index contributed by atoms with van der Waals surface area (Å²) in [6, 6.07) is 7.12. The zero-order valence-electron chi connectivity index (χ0n) is 13.2. The van der Waals surface area contributed by atoms with Crippen LogP contribution < -0.4 is 5.32 Å². The lowest BCUT2D eigenvalue weighted by molar-refractivity contribution is 0.389. The van der Waals surface area contributed by atoms with E-state index in [1.807, 2.05) is 13.8 Å². The third kappa shape index (κ3) is 2.93. The third-order valence-electron chi connectivity index (χ3n) is 3.91. The fourth-order valence-corrected chi connectivity index (χ4v) is 2.97. The molecule has 1 N–H and O–H groups in total. The molecular formula is C17H24N2O.